The summed E-state index contributed by atoms with van der Waals surface area (Å²) in [6.45, 7) is 3.86. The minimum atomic E-state index is -4.42. The maximum Gasteiger partial charge on any atom is 0.472 e. The molecule has 0 aliphatic heterocycles. The first-order valence-electron chi connectivity index (χ1n) is 19.6. The molecule has 0 aromatic heterocycles. The van der Waals surface area contributed by atoms with Gasteiger partial charge in [0.25, 0.3) is 0 Å². The molecule has 0 aromatic rings. The van der Waals surface area contributed by atoms with Gasteiger partial charge in [0.1, 0.15) is 6.10 Å². The first kappa shape index (κ1) is 46.9. The lowest BCUT2D eigenvalue weighted by molar-refractivity contribution is -0.131. The fraction of sp³-hybridized carbons (Fsp3) is 0.868. The Morgan fingerprint density at radius 2 is 1.17 bits per heavy atom. The van der Waals surface area contributed by atoms with Crippen LogP contribution in [0.5, 0.6) is 0 Å². The van der Waals surface area contributed by atoms with E-state index >= 15 is 0 Å². The topological polar surface area (TPSA) is 151 Å². The Balaban J connectivity index is 4.41. The minimum Gasteiger partial charge on any atom is -0.387 e. The van der Waals surface area contributed by atoms with E-state index in [1.54, 1.807) is 6.08 Å². The smallest absolute Gasteiger partial charge is 0.387 e. The van der Waals surface area contributed by atoms with Crippen LogP contribution >= 0.6 is 7.82 Å². The number of hydrogen-bond donors (Lipinski definition) is 5. The summed E-state index contributed by atoms with van der Waals surface area (Å²) in [4.78, 5) is 22.6. The lowest BCUT2D eigenvalue weighted by atomic mass is 10.0. The molecule has 0 spiro atoms. The van der Waals surface area contributed by atoms with E-state index in [4.69, 9.17) is 14.8 Å². The second kappa shape index (κ2) is 34.4. The highest BCUT2D eigenvalue weighted by molar-refractivity contribution is 7.47. The zero-order valence-corrected chi connectivity index (χ0v) is 31.7. The van der Waals surface area contributed by atoms with Crippen molar-refractivity contribution in [1.82, 2.24) is 5.32 Å². The number of nitrogens with two attached hydrogens (primary N) is 1. The van der Waals surface area contributed by atoms with E-state index in [-0.39, 0.29) is 13.2 Å². The summed E-state index contributed by atoms with van der Waals surface area (Å²) in [5.74, 6) is -0.651. The quantitative estimate of drug-likeness (QED) is 0.0246. The highest BCUT2D eigenvalue weighted by atomic mass is 31.2. The lowest BCUT2D eigenvalue weighted by Crippen LogP contribution is -2.49. The first-order valence-corrected chi connectivity index (χ1v) is 21.1. The van der Waals surface area contributed by atoms with Crippen LogP contribution in [0, 0.1) is 0 Å². The van der Waals surface area contributed by atoms with Crippen LogP contribution in [-0.2, 0) is 18.4 Å². The third kappa shape index (κ3) is 31.0. The van der Waals surface area contributed by atoms with Crippen molar-refractivity contribution in [2.75, 3.05) is 19.8 Å². The van der Waals surface area contributed by atoms with E-state index in [0.29, 0.717) is 6.42 Å². The van der Waals surface area contributed by atoms with E-state index in [2.05, 4.69) is 19.2 Å². The normalized spacial score (nSPS) is 15.2. The van der Waals surface area contributed by atoms with Crippen molar-refractivity contribution in [3.05, 3.63) is 24.3 Å². The van der Waals surface area contributed by atoms with Gasteiger partial charge in [-0.25, -0.2) is 4.57 Å². The third-order valence-electron chi connectivity index (χ3n) is 8.69. The summed E-state index contributed by atoms with van der Waals surface area (Å²) in [7, 11) is -4.42. The van der Waals surface area contributed by atoms with Crippen LogP contribution in [0.25, 0.3) is 0 Å². The Morgan fingerprint density at radius 1 is 0.708 bits per heavy atom. The second-order valence-electron chi connectivity index (χ2n) is 13.3. The van der Waals surface area contributed by atoms with Crippen molar-refractivity contribution >= 4 is 13.7 Å². The zero-order valence-electron chi connectivity index (χ0n) is 30.8. The highest BCUT2D eigenvalue weighted by Crippen LogP contribution is 2.43. The molecule has 2 unspecified atom stereocenters. The number of phosphoric acid groups is 1. The van der Waals surface area contributed by atoms with Crippen LogP contribution in [0.2, 0.25) is 0 Å². The SMILES string of the molecule is CCCCCCCCC/C=C/C=C/[C@@H](O)[C@H](COP(=O)(O)OCCN)NC(=O)C(O)CCCCCCCCCCCCCCCCCC. The van der Waals surface area contributed by atoms with Crippen LogP contribution < -0.4 is 11.1 Å². The Labute approximate surface area is 294 Å². The summed E-state index contributed by atoms with van der Waals surface area (Å²) in [6.07, 6.45) is 34.5. The van der Waals surface area contributed by atoms with Crippen molar-refractivity contribution in [1.29, 1.82) is 0 Å². The summed E-state index contributed by atoms with van der Waals surface area (Å²) >= 11 is 0. The predicted molar refractivity (Wildman–Crippen MR) is 200 cm³/mol. The van der Waals surface area contributed by atoms with Gasteiger partial charge in [-0.1, -0.05) is 179 Å². The molecular weight excluding hydrogens is 627 g/mol. The molecule has 48 heavy (non-hydrogen) atoms. The van der Waals surface area contributed by atoms with Crippen LogP contribution in [0.3, 0.4) is 0 Å². The average Bonchev–Trinajstić information content (AvgIpc) is 3.07. The van der Waals surface area contributed by atoms with E-state index in [0.717, 1.165) is 32.1 Å². The number of rotatable bonds is 36. The molecule has 0 saturated heterocycles. The monoisotopic (exact) mass is 703 g/mol. The molecule has 284 valence electrons. The van der Waals surface area contributed by atoms with E-state index in [1.165, 1.54) is 128 Å². The zero-order chi connectivity index (χ0) is 35.6. The lowest BCUT2D eigenvalue weighted by Gasteiger charge is -2.24. The standard InChI is InChI=1S/C38H75N2O7P/c1-3-5-7-9-11-13-15-16-17-18-19-21-23-25-27-29-31-37(42)38(43)40-35(34-47-48(44,45)46-33-32-39)36(41)30-28-26-24-22-20-14-12-10-8-6-4-2/h24,26,28,30,35-37,41-42H,3-23,25,27,29,31-34,39H2,1-2H3,(H,40,43)(H,44,45)/b26-24+,30-28+/t35-,36+,37?/m0/s1. The number of aliphatic hydroxyl groups is 2. The van der Waals surface area contributed by atoms with Crippen molar-refractivity contribution < 1.29 is 33.5 Å². The summed E-state index contributed by atoms with van der Waals surface area (Å²) in [6, 6.07) is -1.06. The molecule has 10 heteroatoms. The molecule has 0 saturated carbocycles. The highest BCUT2D eigenvalue weighted by Gasteiger charge is 2.28. The summed E-state index contributed by atoms with van der Waals surface area (Å²) < 4.78 is 21.9. The number of unbranched alkanes of at least 4 members (excludes halogenated alkanes) is 22. The summed E-state index contributed by atoms with van der Waals surface area (Å²) in [5.41, 5.74) is 5.33. The molecule has 0 aliphatic carbocycles. The fourth-order valence-corrected chi connectivity index (χ4v) is 6.37. The van der Waals surface area contributed by atoms with Crippen LogP contribution in [0.4, 0.5) is 0 Å². The Kier molecular flexibility index (Phi) is 33.6. The van der Waals surface area contributed by atoms with Gasteiger partial charge in [0.15, 0.2) is 0 Å². The number of allylic oxidation sites excluding steroid dienone is 3. The van der Waals surface area contributed by atoms with Crippen molar-refractivity contribution in [3.8, 4) is 0 Å². The van der Waals surface area contributed by atoms with Crippen LogP contribution in [0.1, 0.15) is 174 Å². The number of aliphatic hydroxyl groups excluding tert-OH is 2. The van der Waals surface area contributed by atoms with Crippen molar-refractivity contribution in [2.24, 2.45) is 5.73 Å². The second-order valence-corrected chi connectivity index (χ2v) is 14.8. The Morgan fingerprint density at radius 3 is 1.65 bits per heavy atom. The molecule has 4 atom stereocenters. The van der Waals surface area contributed by atoms with Gasteiger partial charge in [-0.15, -0.1) is 0 Å². The molecule has 0 aromatic carbocycles. The molecule has 6 N–H and O–H groups in total. The van der Waals surface area contributed by atoms with E-state index in [9.17, 15) is 24.5 Å². The average molecular weight is 703 g/mol. The van der Waals surface area contributed by atoms with Gasteiger partial charge < -0.3 is 26.2 Å². The summed E-state index contributed by atoms with van der Waals surface area (Å²) in [5, 5.41) is 23.8. The molecule has 0 bridgehead atoms. The molecular formula is C38H75N2O7P. The van der Waals surface area contributed by atoms with Gasteiger partial charge >= 0.3 is 7.82 Å². The largest absolute Gasteiger partial charge is 0.472 e. The molecule has 0 radical (unpaired) electrons. The number of carbonyl (C=O) groups is 1. The fourth-order valence-electron chi connectivity index (χ4n) is 5.61. The molecule has 0 aliphatic rings. The van der Waals surface area contributed by atoms with Gasteiger partial charge in [-0.3, -0.25) is 13.8 Å². The van der Waals surface area contributed by atoms with Gasteiger partial charge in [0.2, 0.25) is 5.91 Å². The molecule has 0 heterocycles. The van der Waals surface area contributed by atoms with E-state index < -0.39 is 38.6 Å². The Hall–Kier alpha value is -1.06. The van der Waals surface area contributed by atoms with Crippen molar-refractivity contribution in [2.45, 2.75) is 193 Å². The van der Waals surface area contributed by atoms with Crippen molar-refractivity contribution in [3.63, 3.8) is 0 Å². The number of nitrogens with one attached hydrogen (secondary N) is 1. The minimum absolute atomic E-state index is 0.0379. The van der Waals surface area contributed by atoms with Gasteiger partial charge in [0, 0.05) is 6.54 Å². The predicted octanol–water partition coefficient (Wildman–Crippen LogP) is 9.19. The number of amides is 1. The molecule has 0 rings (SSSR count). The first-order chi connectivity index (χ1) is 23.3. The van der Waals surface area contributed by atoms with Gasteiger partial charge in [-0.05, 0) is 19.3 Å². The molecule has 0 fully saturated rings. The third-order valence-corrected chi connectivity index (χ3v) is 9.68. The number of phosphoric ester groups is 1. The van der Waals surface area contributed by atoms with Gasteiger partial charge in [0.05, 0.1) is 25.4 Å². The van der Waals surface area contributed by atoms with Gasteiger partial charge in [-0.2, -0.15) is 0 Å². The molecule has 1 amide bonds. The number of hydrogen-bond acceptors (Lipinski definition) is 7. The van der Waals surface area contributed by atoms with Crippen LogP contribution in [-0.4, -0.2) is 59.0 Å². The molecule has 9 nitrogen and oxygen atoms in total. The van der Waals surface area contributed by atoms with Crippen LogP contribution in [0.15, 0.2) is 24.3 Å². The maximum atomic E-state index is 12.8. The number of carbonyl (C=O) groups excluding carboxylic acids is 1. The Bertz CT molecular complexity index is 827. The van der Waals surface area contributed by atoms with E-state index in [1.807, 2.05) is 12.2 Å². The maximum absolute atomic E-state index is 12.8.